The van der Waals surface area contributed by atoms with E-state index in [9.17, 15) is 19.4 Å². The lowest BCUT2D eigenvalue weighted by Crippen LogP contribution is -2.33. The summed E-state index contributed by atoms with van der Waals surface area (Å²) in [4.78, 5) is 11.6. The molecule has 0 radical (unpaired) electrons. The number of hydrogen-bond acceptors (Lipinski definition) is 5. The third-order valence-electron chi connectivity index (χ3n) is 6.66. The zero-order valence-corrected chi connectivity index (χ0v) is 20.6. The van der Waals surface area contributed by atoms with Gasteiger partial charge in [-0.2, -0.15) is 0 Å². The van der Waals surface area contributed by atoms with Gasteiger partial charge in [-0.1, -0.05) is 19.1 Å². The molecule has 1 heterocycles. The predicted octanol–water partition coefficient (Wildman–Crippen LogP) is 5.41. The van der Waals surface area contributed by atoms with Crippen LogP contribution in [0.4, 0.5) is 14.5 Å². The second-order valence-electron chi connectivity index (χ2n) is 8.92. The lowest BCUT2D eigenvalue weighted by Gasteiger charge is -2.30. The summed E-state index contributed by atoms with van der Waals surface area (Å²) in [6.45, 7) is 3.24. The number of hydrogen-bond donors (Lipinski definition) is 4. The molecule has 0 aliphatic carbocycles. The first-order chi connectivity index (χ1) is 17.6. The second kappa shape index (κ2) is 9.76. The lowest BCUT2D eigenvalue weighted by molar-refractivity contribution is -0.0422. The zero-order valence-electron chi connectivity index (χ0n) is 20.6. The number of rotatable bonds is 8. The highest BCUT2D eigenvalue weighted by atomic mass is 19.1. The van der Waals surface area contributed by atoms with Crippen LogP contribution in [0.25, 0.3) is 27.7 Å². The molecular formula is C28H27F2N3O4. The van der Waals surface area contributed by atoms with Crippen molar-refractivity contribution in [3.8, 4) is 16.8 Å². The molecule has 1 aromatic heterocycles. The molecule has 0 saturated heterocycles. The number of nitrogens with two attached hydrogens (primary N) is 1. The van der Waals surface area contributed by atoms with Crippen LogP contribution < -0.4 is 5.73 Å². The van der Waals surface area contributed by atoms with E-state index in [1.807, 2.05) is 0 Å². The van der Waals surface area contributed by atoms with E-state index >= 15 is 4.39 Å². The lowest BCUT2D eigenvalue weighted by atomic mass is 9.88. The predicted molar refractivity (Wildman–Crippen MR) is 139 cm³/mol. The Labute approximate surface area is 212 Å². The fraction of sp³-hybridized carbons (Fsp3) is 0.214. The molecule has 7 nitrogen and oxygen atoms in total. The van der Waals surface area contributed by atoms with Crippen molar-refractivity contribution >= 4 is 28.8 Å². The molecule has 0 saturated carbocycles. The first-order valence-electron chi connectivity index (χ1n) is 11.6. The van der Waals surface area contributed by atoms with E-state index in [-0.39, 0.29) is 40.9 Å². The topological polar surface area (TPSA) is 122 Å². The van der Waals surface area contributed by atoms with Crippen LogP contribution in [0, 0.1) is 24.0 Å². The van der Waals surface area contributed by atoms with Gasteiger partial charge >= 0.3 is 5.97 Å². The largest absolute Gasteiger partial charge is 0.478 e. The molecule has 37 heavy (non-hydrogen) atoms. The van der Waals surface area contributed by atoms with Crippen LogP contribution >= 0.6 is 0 Å². The van der Waals surface area contributed by atoms with Gasteiger partial charge in [0.1, 0.15) is 11.4 Å². The van der Waals surface area contributed by atoms with Crippen LogP contribution in [-0.2, 0) is 10.3 Å². The van der Waals surface area contributed by atoms with Crippen LogP contribution in [0.15, 0.2) is 48.5 Å². The minimum atomic E-state index is -1.64. The number of ether oxygens (including phenoxy) is 1. The molecule has 0 aliphatic heterocycles. The number of anilines is 1. The number of carboxylic acid groups (broad SMARTS) is 1. The van der Waals surface area contributed by atoms with Gasteiger partial charge < -0.3 is 30.7 Å². The standard InChI is InChI=1S/C28H27F2N3O4/c1-4-28(36,14-37-3)26-22(16-5-10-20(27(34)35)15(2)11-16)23-21(12-17(13-31)25(32)24(23)30)33(26)19-8-6-18(29)7-9-19/h5-13,31,36H,4,14,32H2,1-3H3,(H,34,35). The van der Waals surface area contributed by atoms with E-state index in [2.05, 4.69) is 0 Å². The summed E-state index contributed by atoms with van der Waals surface area (Å²) in [5.74, 6) is -2.36. The van der Waals surface area contributed by atoms with E-state index in [0.29, 0.717) is 27.9 Å². The Hall–Kier alpha value is -4.08. The molecule has 1 atom stereocenters. The second-order valence-corrected chi connectivity index (χ2v) is 8.92. The number of aliphatic hydroxyl groups is 1. The van der Waals surface area contributed by atoms with Gasteiger partial charge in [0.25, 0.3) is 0 Å². The van der Waals surface area contributed by atoms with Crippen molar-refractivity contribution in [2.75, 3.05) is 19.5 Å². The fourth-order valence-electron chi connectivity index (χ4n) is 4.77. The van der Waals surface area contributed by atoms with E-state index in [0.717, 1.165) is 6.21 Å². The molecule has 4 rings (SSSR count). The van der Waals surface area contributed by atoms with Gasteiger partial charge in [-0.05, 0) is 60.9 Å². The smallest absolute Gasteiger partial charge is 0.335 e. The Kier molecular flexibility index (Phi) is 6.86. The molecule has 9 heteroatoms. The van der Waals surface area contributed by atoms with Crippen molar-refractivity contribution in [3.63, 3.8) is 0 Å². The third-order valence-corrected chi connectivity index (χ3v) is 6.66. The number of fused-ring (bicyclic) bond motifs is 1. The average molecular weight is 508 g/mol. The first-order valence-corrected chi connectivity index (χ1v) is 11.6. The number of carbonyl (C=O) groups is 1. The van der Waals surface area contributed by atoms with Gasteiger partial charge in [-0.15, -0.1) is 0 Å². The maximum Gasteiger partial charge on any atom is 0.335 e. The summed E-state index contributed by atoms with van der Waals surface area (Å²) in [5.41, 5.74) is 6.60. The summed E-state index contributed by atoms with van der Waals surface area (Å²) < 4.78 is 36.9. The van der Waals surface area contributed by atoms with E-state index in [1.54, 1.807) is 36.6 Å². The van der Waals surface area contributed by atoms with Gasteiger partial charge in [0.2, 0.25) is 0 Å². The zero-order chi connectivity index (χ0) is 27.1. The van der Waals surface area contributed by atoms with Gasteiger partial charge in [-0.25, -0.2) is 13.6 Å². The van der Waals surface area contributed by atoms with Crippen LogP contribution in [0.2, 0.25) is 0 Å². The van der Waals surface area contributed by atoms with Crippen molar-refractivity contribution in [1.29, 1.82) is 5.41 Å². The number of carboxylic acids is 1. The number of methoxy groups -OCH3 is 1. The van der Waals surface area contributed by atoms with Crippen molar-refractivity contribution in [3.05, 3.63) is 82.5 Å². The molecule has 192 valence electrons. The summed E-state index contributed by atoms with van der Waals surface area (Å²) in [6, 6.07) is 11.6. The van der Waals surface area contributed by atoms with E-state index in [1.165, 1.54) is 37.4 Å². The Bertz CT molecular complexity index is 1530. The summed E-state index contributed by atoms with van der Waals surface area (Å²) in [7, 11) is 1.43. The van der Waals surface area contributed by atoms with Gasteiger partial charge in [-0.3, -0.25) is 0 Å². The van der Waals surface area contributed by atoms with E-state index in [4.69, 9.17) is 15.9 Å². The van der Waals surface area contributed by atoms with Gasteiger partial charge in [0.05, 0.1) is 29.1 Å². The molecule has 0 bridgehead atoms. The number of aryl methyl sites for hydroxylation is 1. The van der Waals surface area contributed by atoms with Crippen LogP contribution in [-0.4, -0.2) is 40.7 Å². The summed E-state index contributed by atoms with van der Waals surface area (Å²) in [5, 5.41) is 29.3. The monoisotopic (exact) mass is 507 g/mol. The van der Waals surface area contributed by atoms with Gasteiger partial charge in [0.15, 0.2) is 5.82 Å². The number of nitrogen functional groups attached to an aromatic ring is 1. The maximum atomic E-state index is 16.0. The Morgan fingerprint density at radius 3 is 2.41 bits per heavy atom. The summed E-state index contributed by atoms with van der Waals surface area (Å²) in [6.07, 6.45) is 1.11. The van der Waals surface area contributed by atoms with Crippen molar-refractivity contribution in [2.45, 2.75) is 25.9 Å². The Balaban J connectivity index is 2.28. The molecular weight excluding hydrogens is 480 g/mol. The molecule has 0 fully saturated rings. The third kappa shape index (κ3) is 4.26. The normalized spacial score (nSPS) is 13.0. The minimum absolute atomic E-state index is 0.0767. The number of aromatic carboxylic acids is 1. The highest BCUT2D eigenvalue weighted by Gasteiger charge is 2.38. The highest BCUT2D eigenvalue weighted by molar-refractivity contribution is 6.05. The molecule has 1 unspecified atom stereocenters. The number of benzene rings is 3. The number of aromatic nitrogens is 1. The fourth-order valence-corrected chi connectivity index (χ4v) is 4.77. The number of nitrogens with zero attached hydrogens (tertiary/aromatic N) is 1. The number of halogens is 2. The molecule has 4 aromatic rings. The van der Waals surface area contributed by atoms with Crippen LogP contribution in [0.5, 0.6) is 0 Å². The average Bonchev–Trinajstić information content (AvgIpc) is 3.22. The SMILES string of the molecule is CCC(O)(COC)c1c(-c2ccc(C(=O)O)c(C)c2)c2c(F)c(N)c(C=N)cc2n1-c1ccc(F)cc1. The minimum Gasteiger partial charge on any atom is -0.478 e. The van der Waals surface area contributed by atoms with Crippen molar-refractivity contribution in [1.82, 2.24) is 4.57 Å². The van der Waals surface area contributed by atoms with Crippen molar-refractivity contribution in [2.24, 2.45) is 0 Å². The summed E-state index contributed by atoms with van der Waals surface area (Å²) >= 11 is 0. The Morgan fingerprint density at radius 2 is 1.86 bits per heavy atom. The molecule has 3 aromatic carbocycles. The maximum absolute atomic E-state index is 16.0. The van der Waals surface area contributed by atoms with Gasteiger partial charge in [0, 0.05) is 35.5 Å². The van der Waals surface area contributed by atoms with E-state index < -0.39 is 23.2 Å². The quantitative estimate of drug-likeness (QED) is 0.188. The first kappa shape index (κ1) is 26.0. The molecule has 0 amide bonds. The number of nitrogens with one attached hydrogen (secondary N) is 1. The Morgan fingerprint density at radius 1 is 1.19 bits per heavy atom. The molecule has 0 spiro atoms. The van der Waals surface area contributed by atoms with Crippen LogP contribution in [0.1, 0.15) is 40.5 Å². The highest BCUT2D eigenvalue weighted by Crippen LogP contribution is 2.46. The molecule has 0 aliphatic rings. The van der Waals surface area contributed by atoms with Crippen LogP contribution in [0.3, 0.4) is 0 Å². The van der Waals surface area contributed by atoms with Crippen molar-refractivity contribution < 1.29 is 28.5 Å². The molecule has 5 N–H and O–H groups in total.